The van der Waals surface area contributed by atoms with Crippen molar-refractivity contribution in [2.45, 2.75) is 70.8 Å². The third-order valence-corrected chi connectivity index (χ3v) is 9.62. The second-order valence-corrected chi connectivity index (χ2v) is 13.7. The number of nitrogens with one attached hydrogen (secondary N) is 1. The van der Waals surface area contributed by atoms with Crippen LogP contribution in [-0.4, -0.2) is 57.3 Å². The van der Waals surface area contributed by atoms with Gasteiger partial charge in [-0.2, -0.15) is 0 Å². The molecule has 234 valence electrons. The van der Waals surface area contributed by atoms with E-state index in [0.29, 0.717) is 29.4 Å². The number of benzene rings is 1. The van der Waals surface area contributed by atoms with E-state index in [2.05, 4.69) is 21.9 Å². The normalized spacial score (nSPS) is 16.9. The summed E-state index contributed by atoms with van der Waals surface area (Å²) in [4.78, 5) is 40.6. The van der Waals surface area contributed by atoms with Crippen molar-refractivity contribution in [3.63, 3.8) is 0 Å². The van der Waals surface area contributed by atoms with Gasteiger partial charge in [0.25, 0.3) is 0 Å². The van der Waals surface area contributed by atoms with Crippen LogP contribution in [0.2, 0.25) is 5.28 Å². The van der Waals surface area contributed by atoms with Crippen molar-refractivity contribution in [1.82, 2.24) is 19.9 Å². The lowest BCUT2D eigenvalue weighted by Crippen LogP contribution is -2.46. The molecule has 1 saturated carbocycles. The van der Waals surface area contributed by atoms with Crippen LogP contribution in [0.3, 0.4) is 0 Å². The number of likely N-dealkylation sites (tertiary alicyclic amines) is 1. The highest BCUT2D eigenvalue weighted by Crippen LogP contribution is 2.51. The number of amides is 2. The van der Waals surface area contributed by atoms with Crippen LogP contribution in [0, 0.1) is 11.2 Å². The zero-order chi connectivity index (χ0) is 31.5. The molecule has 2 aromatic heterocycles. The lowest BCUT2D eigenvalue weighted by Gasteiger charge is -2.45. The number of thiazole rings is 1. The predicted octanol–water partition coefficient (Wildman–Crippen LogP) is 8.47. The molecule has 0 radical (unpaired) electrons. The van der Waals surface area contributed by atoms with E-state index in [1.54, 1.807) is 24.4 Å². The first-order valence-corrected chi connectivity index (χ1v) is 16.0. The molecule has 2 aliphatic rings. The highest BCUT2D eigenvalue weighted by molar-refractivity contribution is 7.15. The van der Waals surface area contributed by atoms with Gasteiger partial charge < -0.3 is 14.4 Å². The number of hydrogen-bond acceptors (Lipinski definition) is 8. The van der Waals surface area contributed by atoms with E-state index >= 15 is 4.39 Å². The lowest BCUT2D eigenvalue weighted by atomic mass is 9.65. The second kappa shape index (κ2) is 13.2. The Labute approximate surface area is 265 Å². The van der Waals surface area contributed by atoms with Gasteiger partial charge in [-0.3, -0.25) is 5.32 Å². The van der Waals surface area contributed by atoms with Gasteiger partial charge in [-0.1, -0.05) is 18.7 Å². The Morgan fingerprint density at radius 1 is 1.18 bits per heavy atom. The third-order valence-electron chi connectivity index (χ3n) is 8.20. The minimum atomic E-state index is -0.782. The first-order valence-electron chi connectivity index (χ1n) is 14.8. The molecule has 44 heavy (non-hydrogen) atoms. The molecule has 5 rings (SSSR count). The maximum Gasteiger partial charge on any atom is 0.412 e. The van der Waals surface area contributed by atoms with E-state index in [1.807, 2.05) is 25.7 Å². The molecule has 1 N–H and O–H groups in total. The number of carbonyl (C=O) groups is 2. The third kappa shape index (κ3) is 7.38. The van der Waals surface area contributed by atoms with Crippen LogP contribution < -0.4 is 5.32 Å². The summed E-state index contributed by atoms with van der Waals surface area (Å²) in [7, 11) is 0. The first kappa shape index (κ1) is 31.8. The standard InChI is InChI=1S/C32H37ClFN5O4S/c1-5-19-42-29(40)37-22-8-6-7-21(24(22)34)25-26(23-11-16-35-28(33)36-23)44-27(38-25)20-9-12-32(13-10-20)14-17-39(18-15-32)30(41)43-31(2,3)4/h5-8,11,16,20H,1,9-10,12-15,17-19H2,2-4H3,(H,37,40). The van der Waals surface area contributed by atoms with Gasteiger partial charge in [0.1, 0.15) is 12.2 Å². The summed E-state index contributed by atoms with van der Waals surface area (Å²) in [6.45, 7) is 10.6. The number of piperidine rings is 1. The van der Waals surface area contributed by atoms with E-state index in [-0.39, 0.29) is 40.6 Å². The van der Waals surface area contributed by atoms with E-state index < -0.39 is 17.5 Å². The number of rotatable bonds is 6. The maximum absolute atomic E-state index is 15.9. The fourth-order valence-electron chi connectivity index (χ4n) is 5.89. The van der Waals surface area contributed by atoms with E-state index in [1.165, 1.54) is 23.5 Å². The number of ether oxygens (including phenoxy) is 2. The number of anilines is 1. The van der Waals surface area contributed by atoms with Gasteiger partial charge in [0.15, 0.2) is 5.82 Å². The topological polar surface area (TPSA) is 107 Å². The fraction of sp³-hybridized carbons (Fsp3) is 0.469. The van der Waals surface area contributed by atoms with E-state index in [9.17, 15) is 9.59 Å². The van der Waals surface area contributed by atoms with Crippen LogP contribution >= 0.6 is 22.9 Å². The summed E-state index contributed by atoms with van der Waals surface area (Å²) in [5.41, 5.74) is 0.894. The molecular formula is C32H37ClFN5O4S. The number of nitrogens with zero attached hydrogens (tertiary/aromatic N) is 4. The maximum atomic E-state index is 15.9. The molecule has 1 aliphatic heterocycles. The Hall–Kier alpha value is -3.57. The fourth-order valence-corrected chi connectivity index (χ4v) is 7.25. The van der Waals surface area contributed by atoms with Crippen LogP contribution in [-0.2, 0) is 9.47 Å². The number of halogens is 2. The summed E-state index contributed by atoms with van der Waals surface area (Å²) in [6, 6.07) is 6.49. The number of carbonyl (C=O) groups excluding carboxylic acids is 2. The molecule has 2 amide bonds. The van der Waals surface area contributed by atoms with Crippen LogP contribution in [0.1, 0.15) is 70.2 Å². The monoisotopic (exact) mass is 641 g/mol. The van der Waals surface area contributed by atoms with Gasteiger partial charge in [0, 0.05) is 30.8 Å². The molecule has 1 saturated heterocycles. The quantitative estimate of drug-likeness (QED) is 0.212. The first-order chi connectivity index (χ1) is 21.0. The van der Waals surface area contributed by atoms with Crippen molar-refractivity contribution in [2.75, 3.05) is 25.0 Å². The van der Waals surface area contributed by atoms with Crippen molar-refractivity contribution >= 4 is 40.8 Å². The summed E-state index contributed by atoms with van der Waals surface area (Å²) < 4.78 is 26.4. The molecule has 0 bridgehead atoms. The molecule has 12 heteroatoms. The summed E-state index contributed by atoms with van der Waals surface area (Å²) in [5.74, 6) is -0.418. The Bertz CT molecular complexity index is 1520. The molecule has 9 nitrogen and oxygen atoms in total. The zero-order valence-electron chi connectivity index (χ0n) is 25.2. The molecule has 0 atom stereocenters. The Kier molecular flexibility index (Phi) is 9.55. The van der Waals surface area contributed by atoms with Gasteiger partial charge in [0.05, 0.1) is 27.0 Å². The van der Waals surface area contributed by atoms with Crippen molar-refractivity contribution in [2.24, 2.45) is 5.41 Å². The summed E-state index contributed by atoms with van der Waals surface area (Å²) in [5, 5.41) is 3.46. The van der Waals surface area contributed by atoms with Gasteiger partial charge in [-0.25, -0.2) is 28.9 Å². The second-order valence-electron chi connectivity index (χ2n) is 12.4. The number of hydrogen-bond donors (Lipinski definition) is 1. The van der Waals surface area contributed by atoms with Crippen molar-refractivity contribution < 1.29 is 23.5 Å². The minimum Gasteiger partial charge on any atom is -0.445 e. The SMILES string of the molecule is C=CCOC(=O)Nc1cccc(-c2nc(C3CCC4(CC3)CCN(C(=O)OC(C)(C)C)CC4)sc2-c2ccnc(Cl)n2)c1F. The highest BCUT2D eigenvalue weighted by atomic mass is 35.5. The molecule has 3 aromatic rings. The zero-order valence-corrected chi connectivity index (χ0v) is 26.8. The molecule has 1 aromatic carbocycles. The Morgan fingerprint density at radius 3 is 2.57 bits per heavy atom. The lowest BCUT2D eigenvalue weighted by molar-refractivity contribution is 0.00346. The van der Waals surface area contributed by atoms with E-state index in [4.69, 9.17) is 26.1 Å². The van der Waals surface area contributed by atoms with Crippen molar-refractivity contribution in [3.8, 4) is 21.8 Å². The van der Waals surface area contributed by atoms with Crippen LogP contribution in [0.4, 0.5) is 19.7 Å². The van der Waals surface area contributed by atoms with Crippen molar-refractivity contribution in [3.05, 3.63) is 59.2 Å². The Morgan fingerprint density at radius 2 is 1.91 bits per heavy atom. The van der Waals surface area contributed by atoms with Crippen LogP contribution in [0.15, 0.2) is 43.1 Å². The minimum absolute atomic E-state index is 0.00583. The molecule has 1 spiro atoms. The Balaban J connectivity index is 1.36. The molecule has 3 heterocycles. The summed E-state index contributed by atoms with van der Waals surface area (Å²) >= 11 is 7.62. The smallest absolute Gasteiger partial charge is 0.412 e. The molecule has 0 unspecified atom stereocenters. The largest absolute Gasteiger partial charge is 0.445 e. The van der Waals surface area contributed by atoms with Gasteiger partial charge >= 0.3 is 12.2 Å². The molecular weight excluding hydrogens is 605 g/mol. The molecule has 2 fully saturated rings. The van der Waals surface area contributed by atoms with Gasteiger partial charge in [0.2, 0.25) is 5.28 Å². The summed E-state index contributed by atoms with van der Waals surface area (Å²) in [6.07, 6.45) is 7.83. The van der Waals surface area contributed by atoms with Crippen molar-refractivity contribution in [1.29, 1.82) is 0 Å². The highest BCUT2D eigenvalue weighted by Gasteiger charge is 2.41. The van der Waals surface area contributed by atoms with Gasteiger partial charge in [-0.05, 0) is 94.5 Å². The van der Waals surface area contributed by atoms with E-state index in [0.717, 1.165) is 43.5 Å². The van der Waals surface area contributed by atoms with Crippen LogP contribution in [0.5, 0.6) is 0 Å². The van der Waals surface area contributed by atoms with Gasteiger partial charge in [-0.15, -0.1) is 11.3 Å². The predicted molar refractivity (Wildman–Crippen MR) is 169 cm³/mol. The molecule has 1 aliphatic carbocycles. The average molecular weight is 642 g/mol. The average Bonchev–Trinajstić information content (AvgIpc) is 3.42. The van der Waals surface area contributed by atoms with Crippen LogP contribution in [0.25, 0.3) is 21.8 Å². The number of aromatic nitrogens is 3.